The van der Waals surface area contributed by atoms with E-state index in [1.54, 1.807) is 5.01 Å². The molecule has 2 aliphatic heterocycles. The summed E-state index contributed by atoms with van der Waals surface area (Å²) in [5.74, 6) is -0.456. The van der Waals surface area contributed by atoms with Gasteiger partial charge in [-0.2, -0.15) is 0 Å². The summed E-state index contributed by atoms with van der Waals surface area (Å²) in [6.07, 6.45) is 4.80. The fraction of sp³-hybridized carbons (Fsp3) is 0.842. The molecule has 6 nitrogen and oxygen atoms in total. The van der Waals surface area contributed by atoms with Gasteiger partial charge in [0.05, 0.1) is 11.6 Å². The van der Waals surface area contributed by atoms with E-state index >= 15 is 0 Å². The van der Waals surface area contributed by atoms with Crippen LogP contribution in [-0.4, -0.2) is 50.6 Å². The Morgan fingerprint density at radius 2 is 2.15 bits per heavy atom. The molecule has 2 heterocycles. The Hall–Kier alpha value is -0.993. The highest BCUT2D eigenvalue weighted by atomic mass is 32.1. The summed E-state index contributed by atoms with van der Waals surface area (Å²) in [4.78, 5) is 25.8. The molecule has 3 atom stereocenters. The Morgan fingerprint density at radius 3 is 2.74 bits per heavy atom. The zero-order valence-electron chi connectivity index (χ0n) is 16.8. The second-order valence-electron chi connectivity index (χ2n) is 8.54. The van der Waals surface area contributed by atoms with Crippen LogP contribution in [0.25, 0.3) is 0 Å². The number of esters is 1. The van der Waals surface area contributed by atoms with Gasteiger partial charge < -0.3 is 10.5 Å². The van der Waals surface area contributed by atoms with Gasteiger partial charge in [-0.25, -0.2) is 5.43 Å². The number of hydrazine groups is 1. The zero-order valence-corrected chi connectivity index (χ0v) is 18.6. The molecule has 0 bridgehead atoms. The van der Waals surface area contributed by atoms with Gasteiger partial charge in [0.15, 0.2) is 0 Å². The van der Waals surface area contributed by atoms with Crippen molar-refractivity contribution in [3.05, 3.63) is 0 Å². The van der Waals surface area contributed by atoms with Crippen molar-refractivity contribution in [2.75, 3.05) is 13.2 Å². The molecule has 8 heteroatoms. The number of amides is 1. The first-order valence-electron chi connectivity index (χ1n) is 9.97. The third-order valence-corrected chi connectivity index (χ3v) is 6.52. The molecule has 0 aromatic rings. The molecule has 2 saturated heterocycles. The van der Waals surface area contributed by atoms with Crippen LogP contribution >= 0.6 is 12.2 Å². The summed E-state index contributed by atoms with van der Waals surface area (Å²) in [7, 11) is 0.951. The standard InChI is InChI=1S/C19H33N3O3SSi/c1-4-7-19(2,3)12-25-18(24)15-6-5-8-22(21-15)17(23)13(10-16(20)26)9-14-11-27-14/h13-15,21H,4-12H2,1-3H3,(H2,20,26)/t13-,14+,15-/m0/s1. The van der Waals surface area contributed by atoms with E-state index in [-0.39, 0.29) is 23.2 Å². The van der Waals surface area contributed by atoms with Crippen LogP contribution in [0.2, 0.25) is 11.6 Å². The molecule has 0 unspecified atom stereocenters. The fourth-order valence-electron chi connectivity index (χ4n) is 3.56. The maximum absolute atomic E-state index is 13.0. The number of nitrogens with zero attached hydrogens (tertiary/aromatic N) is 1. The third-order valence-electron chi connectivity index (χ3n) is 5.13. The van der Waals surface area contributed by atoms with Crippen LogP contribution in [0.3, 0.4) is 0 Å². The zero-order chi connectivity index (χ0) is 20.0. The van der Waals surface area contributed by atoms with Crippen LogP contribution in [0, 0.1) is 11.3 Å². The highest BCUT2D eigenvalue weighted by molar-refractivity contribution is 7.80. The van der Waals surface area contributed by atoms with Crippen LogP contribution in [0.15, 0.2) is 0 Å². The lowest BCUT2D eigenvalue weighted by atomic mass is 9.89. The number of hydrogen-bond donors (Lipinski definition) is 2. The summed E-state index contributed by atoms with van der Waals surface area (Å²) in [5.41, 5.74) is 9.41. The molecule has 2 aliphatic rings. The quantitative estimate of drug-likeness (QED) is 0.326. The summed E-state index contributed by atoms with van der Waals surface area (Å²) in [6, 6.07) is 0.741. The Kier molecular flexibility index (Phi) is 8.24. The molecule has 0 spiro atoms. The Bertz CT molecular complexity index is 554. The summed E-state index contributed by atoms with van der Waals surface area (Å²) in [5, 5.41) is 1.60. The molecule has 2 fully saturated rings. The van der Waals surface area contributed by atoms with Crippen LogP contribution in [0.4, 0.5) is 0 Å². The maximum Gasteiger partial charge on any atom is 0.324 e. The van der Waals surface area contributed by atoms with Crippen LogP contribution < -0.4 is 11.2 Å². The van der Waals surface area contributed by atoms with E-state index < -0.39 is 6.04 Å². The van der Waals surface area contributed by atoms with E-state index in [4.69, 9.17) is 22.7 Å². The lowest BCUT2D eigenvalue weighted by Crippen LogP contribution is -2.57. The van der Waals surface area contributed by atoms with Gasteiger partial charge in [-0.1, -0.05) is 51.0 Å². The van der Waals surface area contributed by atoms with E-state index in [0.29, 0.717) is 36.5 Å². The number of hydrogen-bond acceptors (Lipinski definition) is 5. The second kappa shape index (κ2) is 9.98. The first kappa shape index (κ1) is 22.3. The van der Waals surface area contributed by atoms with Crippen molar-refractivity contribution in [1.29, 1.82) is 0 Å². The Labute approximate surface area is 170 Å². The Balaban J connectivity index is 1.90. The average molecular weight is 412 g/mol. The number of carbonyl (C=O) groups is 2. The van der Waals surface area contributed by atoms with Crippen LogP contribution in [0.1, 0.15) is 59.3 Å². The van der Waals surface area contributed by atoms with Gasteiger partial charge >= 0.3 is 5.97 Å². The van der Waals surface area contributed by atoms with Crippen LogP contribution in [0.5, 0.6) is 0 Å². The number of nitrogens with two attached hydrogens (primary N) is 1. The highest BCUT2D eigenvalue weighted by Gasteiger charge is 2.36. The van der Waals surface area contributed by atoms with Gasteiger partial charge in [-0.05, 0) is 31.1 Å². The molecule has 2 rings (SSSR count). The van der Waals surface area contributed by atoms with Gasteiger partial charge in [0.25, 0.3) is 0 Å². The largest absolute Gasteiger partial charge is 0.464 e. The molecule has 0 aliphatic carbocycles. The fourth-order valence-corrected chi connectivity index (χ4v) is 4.54. The minimum Gasteiger partial charge on any atom is -0.464 e. The predicted octanol–water partition coefficient (Wildman–Crippen LogP) is 2.46. The van der Waals surface area contributed by atoms with Crippen molar-refractivity contribution < 1.29 is 14.3 Å². The molecule has 152 valence electrons. The van der Waals surface area contributed by atoms with E-state index in [0.717, 1.165) is 35.2 Å². The number of rotatable bonds is 10. The minimum atomic E-state index is -0.464. The lowest BCUT2D eigenvalue weighted by molar-refractivity contribution is -0.155. The summed E-state index contributed by atoms with van der Waals surface area (Å²) < 4.78 is 5.55. The first-order valence-corrected chi connectivity index (χ1v) is 11.7. The van der Waals surface area contributed by atoms with Crippen molar-refractivity contribution in [2.45, 2.75) is 76.9 Å². The minimum absolute atomic E-state index is 0.00307. The smallest absolute Gasteiger partial charge is 0.324 e. The highest BCUT2D eigenvalue weighted by Crippen LogP contribution is 2.36. The van der Waals surface area contributed by atoms with E-state index in [9.17, 15) is 9.59 Å². The number of ether oxygens (including phenoxy) is 1. The molecule has 1 amide bonds. The molecule has 0 saturated carbocycles. The van der Waals surface area contributed by atoms with Crippen molar-refractivity contribution in [3.8, 4) is 0 Å². The van der Waals surface area contributed by atoms with Crippen molar-refractivity contribution in [2.24, 2.45) is 17.1 Å². The topological polar surface area (TPSA) is 84.7 Å². The lowest BCUT2D eigenvalue weighted by Gasteiger charge is -2.35. The number of carbonyl (C=O) groups excluding carboxylic acids is 2. The second-order valence-corrected chi connectivity index (χ2v) is 10.7. The number of nitrogens with one attached hydrogen (secondary N) is 1. The van der Waals surface area contributed by atoms with Gasteiger partial charge in [-0.3, -0.25) is 14.6 Å². The van der Waals surface area contributed by atoms with E-state index in [1.165, 1.54) is 6.04 Å². The SMILES string of the molecule is CCCC(C)(C)COC(=O)[C@@H]1CCCN(C(=O)[C@H](CC(N)=S)C[C@@H]2C[Si]2)N1. The average Bonchev–Trinajstić information content (AvgIpc) is 3.42. The molecular weight excluding hydrogens is 378 g/mol. The van der Waals surface area contributed by atoms with E-state index in [2.05, 4.69) is 26.2 Å². The molecule has 3 N–H and O–H groups in total. The van der Waals surface area contributed by atoms with Crippen molar-refractivity contribution in [1.82, 2.24) is 10.4 Å². The molecule has 27 heavy (non-hydrogen) atoms. The van der Waals surface area contributed by atoms with Gasteiger partial charge in [0.1, 0.15) is 6.04 Å². The summed E-state index contributed by atoms with van der Waals surface area (Å²) >= 11 is 5.04. The third kappa shape index (κ3) is 7.50. The first-order chi connectivity index (χ1) is 12.7. The van der Waals surface area contributed by atoms with Crippen molar-refractivity contribution >= 4 is 38.6 Å². The molecule has 0 aromatic carbocycles. The van der Waals surface area contributed by atoms with E-state index in [1.807, 2.05) is 0 Å². The molecule has 0 aromatic heterocycles. The maximum atomic E-state index is 13.0. The normalized spacial score (nSPS) is 23.6. The van der Waals surface area contributed by atoms with Crippen LogP contribution in [-0.2, 0) is 14.3 Å². The van der Waals surface area contributed by atoms with Crippen molar-refractivity contribution in [3.63, 3.8) is 0 Å². The number of thiocarbonyl (C=S) groups is 1. The monoisotopic (exact) mass is 411 g/mol. The van der Waals surface area contributed by atoms with Gasteiger partial charge in [0.2, 0.25) is 5.91 Å². The Morgan fingerprint density at radius 1 is 1.44 bits per heavy atom. The van der Waals surface area contributed by atoms with Gasteiger partial charge in [0, 0.05) is 28.4 Å². The van der Waals surface area contributed by atoms with Gasteiger partial charge in [-0.15, -0.1) is 0 Å². The summed E-state index contributed by atoms with van der Waals surface area (Å²) in [6.45, 7) is 7.34. The molecular formula is C19H33N3O3SSi. The molecule has 2 radical (unpaired) electrons. The predicted molar refractivity (Wildman–Crippen MR) is 111 cm³/mol.